The molecule has 0 spiro atoms. The maximum Gasteiger partial charge on any atom is 0.310 e. The van der Waals surface area contributed by atoms with E-state index < -0.39 is 5.60 Å². The third kappa shape index (κ3) is 4.10. The SMILES string of the molecule is CSc1c(CC(=O)OC(C)(C)C)ccc2c3ccccc3n(Cc3ccccc3)c12. The number of para-hydroxylation sites is 1. The number of esters is 1. The molecule has 30 heavy (non-hydrogen) atoms. The zero-order valence-electron chi connectivity index (χ0n) is 17.9. The summed E-state index contributed by atoms with van der Waals surface area (Å²) in [5.41, 5.74) is 4.18. The topological polar surface area (TPSA) is 31.2 Å². The van der Waals surface area contributed by atoms with Crippen LogP contribution in [0.2, 0.25) is 0 Å². The monoisotopic (exact) mass is 417 g/mol. The first kappa shape index (κ1) is 20.5. The molecule has 1 aromatic heterocycles. The van der Waals surface area contributed by atoms with Crippen molar-refractivity contribution in [2.24, 2.45) is 0 Å². The molecule has 3 aromatic carbocycles. The number of thioether (sulfide) groups is 1. The Hall–Kier alpha value is -2.72. The van der Waals surface area contributed by atoms with Crippen LogP contribution < -0.4 is 0 Å². The molecule has 0 bridgehead atoms. The number of nitrogens with zero attached hydrogens (tertiary/aromatic N) is 1. The number of aromatic nitrogens is 1. The maximum absolute atomic E-state index is 12.5. The van der Waals surface area contributed by atoms with Gasteiger partial charge in [-0.05, 0) is 44.2 Å². The van der Waals surface area contributed by atoms with E-state index in [0.29, 0.717) is 0 Å². The van der Waals surface area contributed by atoms with Crippen LogP contribution in [0.3, 0.4) is 0 Å². The zero-order valence-corrected chi connectivity index (χ0v) is 18.8. The number of hydrogen-bond donors (Lipinski definition) is 0. The Morgan fingerprint density at radius 3 is 2.33 bits per heavy atom. The van der Waals surface area contributed by atoms with Gasteiger partial charge in [0.05, 0.1) is 11.9 Å². The first-order valence-electron chi connectivity index (χ1n) is 10.2. The number of ether oxygens (including phenoxy) is 1. The van der Waals surface area contributed by atoms with Gasteiger partial charge in [-0.2, -0.15) is 0 Å². The molecular weight excluding hydrogens is 390 g/mol. The Balaban J connectivity index is 1.88. The Kier molecular flexibility index (Phi) is 5.61. The molecule has 0 aliphatic carbocycles. The molecule has 154 valence electrons. The second-order valence-electron chi connectivity index (χ2n) is 8.51. The van der Waals surface area contributed by atoms with E-state index in [1.807, 2.05) is 26.8 Å². The standard InChI is InChI=1S/C26H27NO2S/c1-26(2,3)29-23(28)16-19-14-15-21-20-12-8-9-13-22(20)27(24(21)25(19)30-4)17-18-10-6-5-7-11-18/h5-15H,16-17H2,1-4H3. The Bertz CT molecular complexity index is 1200. The van der Waals surface area contributed by atoms with E-state index in [4.69, 9.17) is 4.74 Å². The van der Waals surface area contributed by atoms with E-state index in [9.17, 15) is 4.79 Å². The van der Waals surface area contributed by atoms with Crippen molar-refractivity contribution in [3.8, 4) is 0 Å². The lowest BCUT2D eigenvalue weighted by Gasteiger charge is -2.20. The van der Waals surface area contributed by atoms with Crippen molar-refractivity contribution in [1.82, 2.24) is 4.57 Å². The summed E-state index contributed by atoms with van der Waals surface area (Å²) < 4.78 is 7.96. The first-order chi connectivity index (χ1) is 14.4. The second-order valence-corrected chi connectivity index (χ2v) is 9.32. The van der Waals surface area contributed by atoms with Crippen LogP contribution in [0, 0.1) is 0 Å². The minimum Gasteiger partial charge on any atom is -0.460 e. The molecule has 0 atom stereocenters. The number of fused-ring (bicyclic) bond motifs is 3. The van der Waals surface area contributed by atoms with Crippen LogP contribution in [0.4, 0.5) is 0 Å². The average molecular weight is 418 g/mol. The Morgan fingerprint density at radius 2 is 1.63 bits per heavy atom. The maximum atomic E-state index is 12.5. The highest BCUT2D eigenvalue weighted by Gasteiger charge is 2.21. The van der Waals surface area contributed by atoms with Crippen LogP contribution in [-0.2, 0) is 22.5 Å². The molecule has 4 rings (SSSR count). The summed E-state index contributed by atoms with van der Waals surface area (Å²) in [5, 5.41) is 2.46. The van der Waals surface area contributed by atoms with Crippen LogP contribution >= 0.6 is 11.8 Å². The van der Waals surface area contributed by atoms with Crippen molar-refractivity contribution >= 4 is 39.5 Å². The van der Waals surface area contributed by atoms with Crippen molar-refractivity contribution < 1.29 is 9.53 Å². The third-order valence-corrected chi connectivity index (χ3v) is 5.97. The summed E-state index contributed by atoms with van der Waals surface area (Å²) in [6, 6.07) is 23.3. The molecule has 0 aliphatic heterocycles. The summed E-state index contributed by atoms with van der Waals surface area (Å²) >= 11 is 1.70. The molecule has 4 heteroatoms. The van der Waals surface area contributed by atoms with Crippen LogP contribution in [0.15, 0.2) is 71.6 Å². The van der Waals surface area contributed by atoms with E-state index in [1.54, 1.807) is 11.8 Å². The molecule has 0 aliphatic rings. The highest BCUT2D eigenvalue weighted by atomic mass is 32.2. The van der Waals surface area contributed by atoms with Crippen molar-refractivity contribution in [3.05, 3.63) is 77.9 Å². The van der Waals surface area contributed by atoms with E-state index in [2.05, 4.69) is 71.5 Å². The molecule has 3 nitrogen and oxygen atoms in total. The Morgan fingerprint density at radius 1 is 0.933 bits per heavy atom. The van der Waals surface area contributed by atoms with Crippen molar-refractivity contribution in [3.63, 3.8) is 0 Å². The van der Waals surface area contributed by atoms with Gasteiger partial charge in [-0.1, -0.05) is 60.7 Å². The lowest BCUT2D eigenvalue weighted by Crippen LogP contribution is -2.25. The predicted molar refractivity (Wildman–Crippen MR) is 126 cm³/mol. The molecule has 0 radical (unpaired) electrons. The lowest BCUT2D eigenvalue weighted by atomic mass is 10.1. The fraction of sp³-hybridized carbons (Fsp3) is 0.269. The van der Waals surface area contributed by atoms with Gasteiger partial charge in [0, 0.05) is 27.7 Å². The van der Waals surface area contributed by atoms with E-state index in [0.717, 1.165) is 17.0 Å². The molecule has 0 unspecified atom stereocenters. The Labute approximate surface area is 182 Å². The summed E-state index contributed by atoms with van der Waals surface area (Å²) in [7, 11) is 0. The second kappa shape index (κ2) is 8.19. The third-order valence-electron chi connectivity index (χ3n) is 5.11. The number of carbonyl (C=O) groups is 1. The smallest absolute Gasteiger partial charge is 0.310 e. The van der Waals surface area contributed by atoms with Gasteiger partial charge in [0.15, 0.2) is 0 Å². The molecule has 0 saturated carbocycles. The van der Waals surface area contributed by atoms with Crippen molar-refractivity contribution in [2.45, 2.75) is 44.2 Å². The molecule has 4 aromatic rings. The molecule has 0 N–H and O–H groups in total. The number of carbonyl (C=O) groups excluding carboxylic acids is 1. The summed E-state index contributed by atoms with van der Waals surface area (Å²) in [4.78, 5) is 13.7. The van der Waals surface area contributed by atoms with Crippen LogP contribution in [0.5, 0.6) is 0 Å². The quantitative estimate of drug-likeness (QED) is 0.276. The van der Waals surface area contributed by atoms with Gasteiger partial charge < -0.3 is 9.30 Å². The number of benzene rings is 3. The van der Waals surface area contributed by atoms with Gasteiger partial charge in [-0.3, -0.25) is 4.79 Å². The molecule has 0 fully saturated rings. The van der Waals surface area contributed by atoms with Gasteiger partial charge in [0.1, 0.15) is 5.60 Å². The zero-order chi connectivity index (χ0) is 21.3. The molecule has 1 heterocycles. The fourth-order valence-electron chi connectivity index (χ4n) is 3.99. The van der Waals surface area contributed by atoms with Crippen molar-refractivity contribution in [2.75, 3.05) is 6.26 Å². The van der Waals surface area contributed by atoms with E-state index >= 15 is 0 Å². The van der Waals surface area contributed by atoms with E-state index in [-0.39, 0.29) is 12.4 Å². The highest BCUT2D eigenvalue weighted by Crippen LogP contribution is 2.37. The van der Waals surface area contributed by atoms with Gasteiger partial charge in [0.25, 0.3) is 0 Å². The van der Waals surface area contributed by atoms with Gasteiger partial charge in [-0.25, -0.2) is 0 Å². The van der Waals surface area contributed by atoms with Crippen LogP contribution in [0.25, 0.3) is 21.8 Å². The lowest BCUT2D eigenvalue weighted by molar-refractivity contribution is -0.153. The number of hydrogen-bond acceptors (Lipinski definition) is 3. The van der Waals surface area contributed by atoms with Gasteiger partial charge in [-0.15, -0.1) is 11.8 Å². The van der Waals surface area contributed by atoms with Crippen LogP contribution in [0.1, 0.15) is 31.9 Å². The minimum atomic E-state index is -0.483. The number of rotatable bonds is 5. The predicted octanol–water partition coefficient (Wildman–Crippen LogP) is 6.45. The minimum absolute atomic E-state index is 0.192. The molecule has 0 amide bonds. The largest absolute Gasteiger partial charge is 0.460 e. The first-order valence-corrected chi connectivity index (χ1v) is 11.4. The van der Waals surface area contributed by atoms with E-state index in [1.165, 1.54) is 27.4 Å². The van der Waals surface area contributed by atoms with Crippen LogP contribution in [-0.4, -0.2) is 22.4 Å². The van der Waals surface area contributed by atoms with Gasteiger partial charge >= 0.3 is 5.97 Å². The van der Waals surface area contributed by atoms with Crippen molar-refractivity contribution in [1.29, 1.82) is 0 Å². The molecule has 0 saturated heterocycles. The average Bonchev–Trinajstić information content (AvgIpc) is 3.01. The molecular formula is C26H27NO2S. The highest BCUT2D eigenvalue weighted by molar-refractivity contribution is 7.98. The summed E-state index contributed by atoms with van der Waals surface area (Å²) in [6.45, 7) is 6.50. The van der Waals surface area contributed by atoms with Gasteiger partial charge in [0.2, 0.25) is 0 Å². The summed E-state index contributed by atoms with van der Waals surface area (Å²) in [5.74, 6) is -0.192. The fourth-order valence-corrected chi connectivity index (χ4v) is 4.80. The normalized spacial score (nSPS) is 11.9. The summed E-state index contributed by atoms with van der Waals surface area (Å²) in [6.07, 6.45) is 2.36.